The molecule has 1 aromatic carbocycles. The van der Waals surface area contributed by atoms with Crippen LogP contribution in [-0.2, 0) is 11.3 Å². The van der Waals surface area contributed by atoms with Crippen molar-refractivity contribution in [1.82, 2.24) is 4.57 Å². The molecular formula is C22H21NO4S. The minimum Gasteiger partial charge on any atom is -0.454 e. The van der Waals surface area contributed by atoms with E-state index in [1.54, 1.807) is 35.7 Å². The maximum atomic E-state index is 12.6. The zero-order valence-corrected chi connectivity index (χ0v) is 16.8. The minimum atomic E-state index is -0.682. The average Bonchev–Trinajstić information content (AvgIpc) is 3.33. The summed E-state index contributed by atoms with van der Waals surface area (Å²) < 4.78 is 7.28. The summed E-state index contributed by atoms with van der Waals surface area (Å²) in [6, 6.07) is 11.8. The van der Waals surface area contributed by atoms with Gasteiger partial charge in [-0.2, -0.15) is 0 Å². The Morgan fingerprint density at radius 3 is 2.32 bits per heavy atom. The SMILES string of the molecule is CCn1c(C)cc(C(=O)COC(=O)c2ccccc2C(=O)c2cccs2)c1C. The van der Waals surface area contributed by atoms with Crippen LogP contribution in [0.4, 0.5) is 0 Å². The third-order valence-corrected chi connectivity index (χ3v) is 5.53. The average molecular weight is 395 g/mol. The van der Waals surface area contributed by atoms with Gasteiger partial charge < -0.3 is 9.30 Å². The molecule has 144 valence electrons. The summed E-state index contributed by atoms with van der Waals surface area (Å²) in [4.78, 5) is 38.3. The quantitative estimate of drug-likeness (QED) is 0.438. The smallest absolute Gasteiger partial charge is 0.339 e. The maximum Gasteiger partial charge on any atom is 0.339 e. The lowest BCUT2D eigenvalue weighted by atomic mass is 10.0. The van der Waals surface area contributed by atoms with E-state index in [1.807, 2.05) is 31.4 Å². The third kappa shape index (κ3) is 3.82. The summed E-state index contributed by atoms with van der Waals surface area (Å²) in [6.07, 6.45) is 0. The van der Waals surface area contributed by atoms with Crippen LogP contribution in [-0.4, -0.2) is 28.7 Å². The fraction of sp³-hybridized carbons (Fsp3) is 0.227. The van der Waals surface area contributed by atoms with Crippen LogP contribution < -0.4 is 0 Å². The number of carbonyl (C=O) groups excluding carboxylic acids is 3. The molecule has 0 saturated carbocycles. The maximum absolute atomic E-state index is 12.6. The molecule has 0 N–H and O–H groups in total. The van der Waals surface area contributed by atoms with E-state index in [4.69, 9.17) is 4.74 Å². The van der Waals surface area contributed by atoms with Gasteiger partial charge in [0, 0.05) is 29.1 Å². The van der Waals surface area contributed by atoms with Gasteiger partial charge >= 0.3 is 5.97 Å². The van der Waals surface area contributed by atoms with E-state index in [1.165, 1.54) is 17.4 Å². The van der Waals surface area contributed by atoms with Gasteiger partial charge in [0.1, 0.15) is 0 Å². The van der Waals surface area contributed by atoms with E-state index in [0.717, 1.165) is 17.9 Å². The fourth-order valence-corrected chi connectivity index (χ4v) is 3.93. The first kappa shape index (κ1) is 19.8. The van der Waals surface area contributed by atoms with E-state index >= 15 is 0 Å². The molecular weight excluding hydrogens is 374 g/mol. The number of rotatable bonds is 7. The highest BCUT2D eigenvalue weighted by atomic mass is 32.1. The topological polar surface area (TPSA) is 65.4 Å². The molecule has 0 spiro atoms. The first-order chi connectivity index (χ1) is 13.4. The van der Waals surface area contributed by atoms with Gasteiger partial charge in [-0.25, -0.2) is 4.79 Å². The minimum absolute atomic E-state index is 0.160. The number of hydrogen-bond donors (Lipinski definition) is 0. The van der Waals surface area contributed by atoms with E-state index in [2.05, 4.69) is 0 Å². The molecule has 0 fully saturated rings. The number of ether oxygens (including phenoxy) is 1. The summed E-state index contributed by atoms with van der Waals surface area (Å²) >= 11 is 1.31. The zero-order chi connectivity index (χ0) is 20.3. The summed E-state index contributed by atoms with van der Waals surface area (Å²) in [7, 11) is 0. The summed E-state index contributed by atoms with van der Waals surface area (Å²) in [5.41, 5.74) is 2.82. The van der Waals surface area contributed by atoms with E-state index in [-0.39, 0.29) is 29.3 Å². The van der Waals surface area contributed by atoms with E-state index < -0.39 is 5.97 Å². The van der Waals surface area contributed by atoms with Crippen LogP contribution in [0.15, 0.2) is 47.8 Å². The molecule has 3 rings (SSSR count). The second kappa shape index (κ2) is 8.35. The molecule has 0 radical (unpaired) electrons. The molecule has 2 aromatic heterocycles. The molecule has 28 heavy (non-hydrogen) atoms. The molecule has 3 aromatic rings. The number of aryl methyl sites for hydroxylation is 1. The molecule has 6 heteroatoms. The molecule has 0 saturated heterocycles. The highest BCUT2D eigenvalue weighted by molar-refractivity contribution is 7.12. The van der Waals surface area contributed by atoms with Crippen LogP contribution in [0, 0.1) is 13.8 Å². The Kier molecular flexibility index (Phi) is 5.90. The van der Waals surface area contributed by atoms with E-state index in [0.29, 0.717) is 10.4 Å². The zero-order valence-electron chi connectivity index (χ0n) is 16.0. The number of thiophene rings is 1. The van der Waals surface area contributed by atoms with Gasteiger partial charge in [-0.15, -0.1) is 11.3 Å². The number of aromatic nitrogens is 1. The van der Waals surface area contributed by atoms with Crippen molar-refractivity contribution in [2.45, 2.75) is 27.3 Å². The van der Waals surface area contributed by atoms with Gasteiger partial charge in [0.25, 0.3) is 0 Å². The fourth-order valence-electron chi connectivity index (χ4n) is 3.26. The number of esters is 1. The molecule has 0 amide bonds. The molecule has 5 nitrogen and oxygen atoms in total. The number of hydrogen-bond acceptors (Lipinski definition) is 5. The van der Waals surface area contributed by atoms with Gasteiger partial charge in [-0.3, -0.25) is 9.59 Å². The normalized spacial score (nSPS) is 10.7. The molecule has 2 heterocycles. The van der Waals surface area contributed by atoms with Crippen molar-refractivity contribution < 1.29 is 19.1 Å². The molecule has 0 atom stereocenters. The van der Waals surface area contributed by atoms with Crippen molar-refractivity contribution >= 4 is 28.9 Å². The van der Waals surface area contributed by atoms with Crippen LogP contribution in [0.25, 0.3) is 0 Å². The largest absolute Gasteiger partial charge is 0.454 e. The summed E-state index contributed by atoms with van der Waals surface area (Å²) in [5.74, 6) is -1.18. The Bertz CT molecular complexity index is 1030. The number of benzene rings is 1. The number of ketones is 2. The van der Waals surface area contributed by atoms with Crippen LogP contribution in [0.3, 0.4) is 0 Å². The number of carbonyl (C=O) groups is 3. The van der Waals surface area contributed by atoms with Crippen LogP contribution in [0.1, 0.15) is 54.3 Å². The Morgan fingerprint density at radius 1 is 1.00 bits per heavy atom. The standard InChI is InChI=1S/C22H21NO4S/c1-4-23-14(2)12-18(15(23)3)19(24)13-27-22(26)17-9-6-5-8-16(17)21(25)20-10-7-11-28-20/h5-12H,4,13H2,1-3H3. The molecule has 0 unspecified atom stereocenters. The molecule has 0 aliphatic heterocycles. The Hall–Kier alpha value is -2.99. The predicted octanol–water partition coefficient (Wildman–Crippen LogP) is 4.46. The monoisotopic (exact) mass is 395 g/mol. The highest BCUT2D eigenvalue weighted by Crippen LogP contribution is 2.20. The Morgan fingerprint density at radius 2 is 1.71 bits per heavy atom. The van der Waals surface area contributed by atoms with Crippen molar-refractivity contribution in [1.29, 1.82) is 0 Å². The van der Waals surface area contributed by atoms with Gasteiger partial charge in [0.15, 0.2) is 6.61 Å². The summed E-state index contributed by atoms with van der Waals surface area (Å²) in [5, 5.41) is 1.81. The molecule has 0 aliphatic rings. The third-order valence-electron chi connectivity index (χ3n) is 4.66. The molecule has 0 bridgehead atoms. The second-order valence-corrected chi connectivity index (χ2v) is 7.33. The second-order valence-electron chi connectivity index (χ2n) is 6.38. The van der Waals surface area contributed by atoms with Gasteiger partial charge in [-0.05, 0) is 44.4 Å². The van der Waals surface area contributed by atoms with Gasteiger partial charge in [0.2, 0.25) is 11.6 Å². The lowest BCUT2D eigenvalue weighted by Gasteiger charge is -2.09. The van der Waals surface area contributed by atoms with Crippen molar-refractivity contribution in [3.63, 3.8) is 0 Å². The van der Waals surface area contributed by atoms with Crippen LogP contribution >= 0.6 is 11.3 Å². The first-order valence-corrected chi connectivity index (χ1v) is 9.86. The number of Topliss-reactive ketones (excluding diaryl/α,β-unsaturated/α-hetero) is 1. The highest BCUT2D eigenvalue weighted by Gasteiger charge is 2.22. The Labute approximate surface area is 167 Å². The first-order valence-electron chi connectivity index (χ1n) is 8.98. The van der Waals surface area contributed by atoms with Gasteiger partial charge in [-0.1, -0.05) is 24.3 Å². The van der Waals surface area contributed by atoms with Gasteiger partial charge in [0.05, 0.1) is 10.4 Å². The molecule has 0 aliphatic carbocycles. The predicted molar refractivity (Wildman–Crippen MR) is 108 cm³/mol. The van der Waals surface area contributed by atoms with E-state index in [9.17, 15) is 14.4 Å². The van der Waals surface area contributed by atoms with Crippen LogP contribution in [0.5, 0.6) is 0 Å². The van der Waals surface area contributed by atoms with Crippen molar-refractivity contribution in [3.05, 3.63) is 80.8 Å². The lowest BCUT2D eigenvalue weighted by molar-refractivity contribution is 0.0472. The summed E-state index contributed by atoms with van der Waals surface area (Å²) in [6.45, 7) is 6.22. The number of nitrogens with zero attached hydrogens (tertiary/aromatic N) is 1. The Balaban J connectivity index is 1.76. The van der Waals surface area contributed by atoms with Crippen LogP contribution in [0.2, 0.25) is 0 Å². The van der Waals surface area contributed by atoms with Crippen molar-refractivity contribution in [3.8, 4) is 0 Å². The van der Waals surface area contributed by atoms with Crippen molar-refractivity contribution in [2.24, 2.45) is 0 Å². The lowest BCUT2D eigenvalue weighted by Crippen LogP contribution is -2.17. The van der Waals surface area contributed by atoms with Crippen molar-refractivity contribution in [2.75, 3.05) is 6.61 Å².